The van der Waals surface area contributed by atoms with Gasteiger partial charge in [0.25, 0.3) is 0 Å². The van der Waals surface area contributed by atoms with Crippen LogP contribution in [0.3, 0.4) is 0 Å². The SMILES string of the molecule is O=C1C2=Cc3ccccc3C2=CC=C1c1ccc(-c2ccccc2)cc1. The smallest absolute Gasteiger partial charge is 0.194 e. The fraction of sp³-hybridized carbons (Fsp3) is 0. The fourth-order valence-electron chi connectivity index (χ4n) is 3.70. The van der Waals surface area contributed by atoms with Gasteiger partial charge in [-0.25, -0.2) is 0 Å². The first kappa shape index (κ1) is 14.9. The van der Waals surface area contributed by atoms with Crippen molar-refractivity contribution in [2.75, 3.05) is 0 Å². The molecule has 0 bridgehead atoms. The van der Waals surface area contributed by atoms with E-state index in [2.05, 4.69) is 42.5 Å². The third kappa shape index (κ3) is 2.29. The number of carbonyl (C=O) groups excluding carboxylic acids is 1. The van der Waals surface area contributed by atoms with E-state index in [1.54, 1.807) is 0 Å². The van der Waals surface area contributed by atoms with Crippen LogP contribution in [0.4, 0.5) is 0 Å². The number of benzene rings is 3. The summed E-state index contributed by atoms with van der Waals surface area (Å²) in [6.45, 7) is 0. The highest BCUT2D eigenvalue weighted by atomic mass is 16.1. The average molecular weight is 332 g/mol. The van der Waals surface area contributed by atoms with Gasteiger partial charge in [-0.3, -0.25) is 4.79 Å². The van der Waals surface area contributed by atoms with E-state index < -0.39 is 0 Å². The molecule has 0 amide bonds. The summed E-state index contributed by atoms with van der Waals surface area (Å²) >= 11 is 0. The molecule has 0 radical (unpaired) electrons. The van der Waals surface area contributed by atoms with E-state index in [1.807, 2.05) is 54.6 Å². The average Bonchev–Trinajstić information content (AvgIpc) is 3.09. The van der Waals surface area contributed by atoms with Crippen LogP contribution in [0.5, 0.6) is 0 Å². The van der Waals surface area contributed by atoms with Crippen molar-refractivity contribution in [2.45, 2.75) is 0 Å². The molecule has 3 aromatic rings. The summed E-state index contributed by atoms with van der Waals surface area (Å²) in [6, 6.07) is 26.7. The summed E-state index contributed by atoms with van der Waals surface area (Å²) < 4.78 is 0. The first-order chi connectivity index (χ1) is 12.8. The number of hydrogen-bond acceptors (Lipinski definition) is 1. The predicted molar refractivity (Wildman–Crippen MR) is 107 cm³/mol. The Morgan fingerprint density at radius 2 is 1.12 bits per heavy atom. The van der Waals surface area contributed by atoms with Crippen LogP contribution in [0.25, 0.3) is 28.3 Å². The van der Waals surface area contributed by atoms with Gasteiger partial charge < -0.3 is 0 Å². The lowest BCUT2D eigenvalue weighted by molar-refractivity contribution is -0.110. The molecule has 0 N–H and O–H groups in total. The second-order valence-electron chi connectivity index (χ2n) is 6.58. The molecule has 2 aliphatic rings. The van der Waals surface area contributed by atoms with Crippen LogP contribution < -0.4 is 0 Å². The molecule has 2 aliphatic carbocycles. The molecular formula is C25H16O. The van der Waals surface area contributed by atoms with Crippen molar-refractivity contribution in [1.82, 2.24) is 0 Å². The molecular weight excluding hydrogens is 316 g/mol. The molecule has 122 valence electrons. The monoisotopic (exact) mass is 332 g/mol. The van der Waals surface area contributed by atoms with Crippen LogP contribution in [-0.2, 0) is 4.79 Å². The van der Waals surface area contributed by atoms with Crippen molar-refractivity contribution >= 4 is 23.0 Å². The topological polar surface area (TPSA) is 17.1 Å². The van der Waals surface area contributed by atoms with Crippen molar-refractivity contribution in [1.29, 1.82) is 0 Å². The lowest BCUT2D eigenvalue weighted by Crippen LogP contribution is -2.08. The molecule has 0 aromatic heterocycles. The van der Waals surface area contributed by atoms with Crippen LogP contribution in [-0.4, -0.2) is 5.78 Å². The molecule has 0 saturated carbocycles. The van der Waals surface area contributed by atoms with Gasteiger partial charge in [0.15, 0.2) is 5.78 Å². The van der Waals surface area contributed by atoms with Crippen LogP contribution in [0, 0.1) is 0 Å². The number of allylic oxidation sites excluding steroid dienone is 5. The van der Waals surface area contributed by atoms with E-state index >= 15 is 0 Å². The first-order valence-electron chi connectivity index (χ1n) is 8.75. The largest absolute Gasteiger partial charge is 0.289 e. The van der Waals surface area contributed by atoms with Crippen molar-refractivity contribution in [3.8, 4) is 11.1 Å². The minimum absolute atomic E-state index is 0.103. The second kappa shape index (κ2) is 5.82. The van der Waals surface area contributed by atoms with Gasteiger partial charge in [0.05, 0.1) is 0 Å². The zero-order chi connectivity index (χ0) is 17.5. The quantitative estimate of drug-likeness (QED) is 0.579. The Kier molecular flexibility index (Phi) is 3.32. The van der Waals surface area contributed by atoms with Crippen molar-refractivity contribution < 1.29 is 4.79 Å². The van der Waals surface area contributed by atoms with Crippen LogP contribution in [0.1, 0.15) is 16.7 Å². The van der Waals surface area contributed by atoms with Crippen molar-refractivity contribution in [3.63, 3.8) is 0 Å². The second-order valence-corrected chi connectivity index (χ2v) is 6.58. The number of rotatable bonds is 2. The number of Topliss-reactive ketones (excluding diaryl/α,β-unsaturated/α-hetero) is 1. The molecule has 26 heavy (non-hydrogen) atoms. The van der Waals surface area contributed by atoms with Crippen molar-refractivity contribution in [3.05, 3.63) is 113 Å². The van der Waals surface area contributed by atoms with Gasteiger partial charge in [-0.05, 0) is 45.5 Å². The van der Waals surface area contributed by atoms with E-state index in [-0.39, 0.29) is 5.78 Å². The maximum atomic E-state index is 13.1. The Morgan fingerprint density at radius 3 is 1.92 bits per heavy atom. The molecule has 1 heteroatoms. The maximum Gasteiger partial charge on any atom is 0.194 e. The minimum Gasteiger partial charge on any atom is -0.289 e. The van der Waals surface area contributed by atoms with E-state index in [1.165, 1.54) is 5.56 Å². The summed E-state index contributed by atoms with van der Waals surface area (Å²) in [5, 5.41) is 0. The van der Waals surface area contributed by atoms with E-state index in [9.17, 15) is 4.79 Å². The zero-order valence-corrected chi connectivity index (χ0v) is 14.1. The zero-order valence-electron chi connectivity index (χ0n) is 14.1. The summed E-state index contributed by atoms with van der Waals surface area (Å²) in [6.07, 6.45) is 6.03. The molecule has 3 aromatic carbocycles. The van der Waals surface area contributed by atoms with Gasteiger partial charge >= 0.3 is 0 Å². The maximum absolute atomic E-state index is 13.1. The van der Waals surface area contributed by atoms with Gasteiger partial charge in [-0.15, -0.1) is 0 Å². The Morgan fingerprint density at radius 1 is 0.500 bits per heavy atom. The highest BCUT2D eigenvalue weighted by Gasteiger charge is 2.28. The van der Waals surface area contributed by atoms with Gasteiger partial charge in [0.2, 0.25) is 0 Å². The molecule has 0 unspecified atom stereocenters. The third-order valence-electron chi connectivity index (χ3n) is 5.05. The van der Waals surface area contributed by atoms with Gasteiger partial charge in [0, 0.05) is 11.1 Å². The Labute approximate surface area is 152 Å². The Bertz CT molecular complexity index is 1110. The molecule has 0 saturated heterocycles. The summed E-state index contributed by atoms with van der Waals surface area (Å²) in [7, 11) is 0. The standard InChI is InChI=1S/C25H16O/c26-25-22(14-15-23-21-9-5-4-8-20(21)16-24(23)25)19-12-10-18(11-13-19)17-6-2-1-3-7-17/h1-16H. The molecule has 1 nitrogen and oxygen atoms in total. The van der Waals surface area contributed by atoms with Crippen molar-refractivity contribution in [2.24, 2.45) is 0 Å². The van der Waals surface area contributed by atoms with E-state index in [0.717, 1.165) is 39.0 Å². The predicted octanol–water partition coefficient (Wildman–Crippen LogP) is 5.80. The van der Waals surface area contributed by atoms with Gasteiger partial charge in [-0.2, -0.15) is 0 Å². The summed E-state index contributed by atoms with van der Waals surface area (Å²) in [5.41, 5.74) is 8.16. The lowest BCUT2D eigenvalue weighted by atomic mass is 9.87. The van der Waals surface area contributed by atoms with Crippen LogP contribution in [0.2, 0.25) is 0 Å². The molecule has 0 fully saturated rings. The number of fused-ring (bicyclic) bond motifs is 3. The first-order valence-corrected chi connectivity index (χ1v) is 8.75. The Balaban J connectivity index is 1.52. The highest BCUT2D eigenvalue weighted by molar-refractivity contribution is 6.38. The molecule has 5 rings (SSSR count). The van der Waals surface area contributed by atoms with Gasteiger partial charge in [0.1, 0.15) is 0 Å². The van der Waals surface area contributed by atoms with Crippen LogP contribution in [0.15, 0.2) is 96.6 Å². The number of ketones is 1. The molecule has 0 spiro atoms. The summed E-state index contributed by atoms with van der Waals surface area (Å²) in [4.78, 5) is 13.1. The number of carbonyl (C=O) groups is 1. The van der Waals surface area contributed by atoms with E-state index in [0.29, 0.717) is 0 Å². The summed E-state index contributed by atoms with van der Waals surface area (Å²) in [5.74, 6) is 0.103. The fourth-order valence-corrected chi connectivity index (χ4v) is 3.70. The van der Waals surface area contributed by atoms with Gasteiger partial charge in [-0.1, -0.05) is 84.9 Å². The normalized spacial score (nSPS) is 14.9. The molecule has 0 heterocycles. The molecule has 0 aliphatic heterocycles. The van der Waals surface area contributed by atoms with Crippen LogP contribution >= 0.6 is 0 Å². The molecule has 0 atom stereocenters. The third-order valence-corrected chi connectivity index (χ3v) is 5.05. The van der Waals surface area contributed by atoms with E-state index in [4.69, 9.17) is 0 Å². The Hall–Kier alpha value is -3.45. The number of hydrogen-bond donors (Lipinski definition) is 0. The lowest BCUT2D eigenvalue weighted by Gasteiger charge is -2.15. The highest BCUT2D eigenvalue weighted by Crippen LogP contribution is 2.41. The minimum atomic E-state index is 0.103.